The molecule has 3 fully saturated rings. The van der Waals surface area contributed by atoms with E-state index in [1.807, 2.05) is 4.90 Å². The molecule has 0 spiro atoms. The number of rotatable bonds is 8. The van der Waals surface area contributed by atoms with E-state index in [2.05, 4.69) is 35.5 Å². The zero-order valence-corrected chi connectivity index (χ0v) is 18.3. The minimum Gasteiger partial charge on any atom is -0.481 e. The predicted octanol–water partition coefficient (Wildman–Crippen LogP) is 1.76. The predicted molar refractivity (Wildman–Crippen MR) is 111 cm³/mol. The van der Waals surface area contributed by atoms with Gasteiger partial charge in [0.25, 0.3) is 0 Å². The lowest BCUT2D eigenvalue weighted by molar-refractivity contribution is -0.137. The number of carboxylic acid groups (broad SMARTS) is 1. The lowest BCUT2D eigenvalue weighted by Gasteiger charge is -2.38. The largest absolute Gasteiger partial charge is 0.481 e. The van der Waals surface area contributed by atoms with Gasteiger partial charge in [0.1, 0.15) is 0 Å². The first-order chi connectivity index (χ1) is 13.8. The minimum absolute atomic E-state index is 0.0591. The Morgan fingerprint density at radius 3 is 2.34 bits per heavy atom. The molecule has 1 amide bonds. The molecule has 0 bridgehead atoms. The summed E-state index contributed by atoms with van der Waals surface area (Å²) < 4.78 is 5.74. The molecule has 3 heterocycles. The molecule has 1 N–H and O–H groups in total. The van der Waals surface area contributed by atoms with Gasteiger partial charge in [-0.15, -0.1) is 0 Å². The Balaban J connectivity index is 1.42. The van der Waals surface area contributed by atoms with Crippen molar-refractivity contribution in [2.24, 2.45) is 5.92 Å². The topological polar surface area (TPSA) is 76.6 Å². The van der Waals surface area contributed by atoms with Crippen LogP contribution in [-0.4, -0.2) is 107 Å². The van der Waals surface area contributed by atoms with Crippen molar-refractivity contribution in [2.75, 3.05) is 52.4 Å². The van der Waals surface area contributed by atoms with Crippen LogP contribution in [0.1, 0.15) is 46.5 Å². The molecular weight excluding hydrogens is 372 g/mol. The van der Waals surface area contributed by atoms with E-state index in [0.717, 1.165) is 52.2 Å². The van der Waals surface area contributed by atoms with Gasteiger partial charge in [-0.25, -0.2) is 4.79 Å². The molecule has 2 atom stereocenters. The average Bonchev–Trinajstić information content (AvgIpc) is 2.99. The number of carboxylic acids is 1. The number of amides is 1. The van der Waals surface area contributed by atoms with E-state index in [-0.39, 0.29) is 24.8 Å². The van der Waals surface area contributed by atoms with Crippen LogP contribution >= 0.6 is 0 Å². The molecule has 0 aromatic heterocycles. The Kier molecular flexibility index (Phi) is 7.76. The Morgan fingerprint density at radius 1 is 1.10 bits per heavy atom. The molecule has 3 aliphatic heterocycles. The van der Waals surface area contributed by atoms with Crippen LogP contribution in [0.5, 0.6) is 0 Å². The summed E-state index contributed by atoms with van der Waals surface area (Å²) >= 11 is 0. The van der Waals surface area contributed by atoms with Gasteiger partial charge >= 0.3 is 12.1 Å². The van der Waals surface area contributed by atoms with Crippen LogP contribution < -0.4 is 0 Å². The first-order valence-electron chi connectivity index (χ1n) is 11.2. The summed E-state index contributed by atoms with van der Waals surface area (Å²) in [5.41, 5.74) is 0. The second-order valence-electron chi connectivity index (χ2n) is 9.09. The fourth-order valence-electron chi connectivity index (χ4n) is 4.84. The summed E-state index contributed by atoms with van der Waals surface area (Å²) in [5, 5.41) is 8.84. The summed E-state index contributed by atoms with van der Waals surface area (Å²) in [6.45, 7) is 13.6. The summed E-state index contributed by atoms with van der Waals surface area (Å²) in [5.74, 6) is -0.0573. The van der Waals surface area contributed by atoms with Crippen molar-refractivity contribution in [3.05, 3.63) is 0 Å². The summed E-state index contributed by atoms with van der Waals surface area (Å²) in [6.07, 6.45) is 3.30. The van der Waals surface area contributed by atoms with E-state index in [1.54, 1.807) is 0 Å². The molecule has 0 aromatic rings. The fraction of sp³-hybridized carbons (Fsp3) is 0.905. The monoisotopic (exact) mass is 410 g/mol. The third kappa shape index (κ3) is 5.83. The third-order valence-corrected chi connectivity index (χ3v) is 6.93. The maximum absolute atomic E-state index is 12.5. The summed E-state index contributed by atoms with van der Waals surface area (Å²) in [4.78, 5) is 32.1. The van der Waals surface area contributed by atoms with Crippen molar-refractivity contribution >= 4 is 12.1 Å². The molecule has 29 heavy (non-hydrogen) atoms. The van der Waals surface area contributed by atoms with Gasteiger partial charge in [-0.3, -0.25) is 9.69 Å². The van der Waals surface area contributed by atoms with Gasteiger partial charge in [-0.1, -0.05) is 0 Å². The highest BCUT2D eigenvalue weighted by Gasteiger charge is 2.42. The van der Waals surface area contributed by atoms with Crippen LogP contribution in [-0.2, 0) is 9.53 Å². The number of piperazine rings is 1. The van der Waals surface area contributed by atoms with Gasteiger partial charge < -0.3 is 24.5 Å². The molecule has 0 saturated carbocycles. The highest BCUT2D eigenvalue weighted by Crippen LogP contribution is 2.27. The Labute approximate surface area is 174 Å². The number of ether oxygens (including phenoxy) is 1. The van der Waals surface area contributed by atoms with E-state index in [1.165, 1.54) is 12.8 Å². The molecule has 8 nitrogen and oxygen atoms in total. The number of nitrogens with zero attached hydrogens (tertiary/aromatic N) is 4. The van der Waals surface area contributed by atoms with E-state index >= 15 is 0 Å². The standard InChI is InChI=1S/C21H38N4O4/c1-16(2)23-9-4-18(5-10-23)6-11-25-17(3)20(29-21(25)28)24-14-12-22(13-15-24)8-7-19(26)27/h16-18,20H,4-15H2,1-3H3,(H,26,27). The van der Waals surface area contributed by atoms with Crippen LogP contribution in [0, 0.1) is 5.92 Å². The van der Waals surface area contributed by atoms with Gasteiger partial charge in [0.05, 0.1) is 12.5 Å². The number of hydrogen-bond donors (Lipinski definition) is 1. The Morgan fingerprint density at radius 2 is 1.76 bits per heavy atom. The number of likely N-dealkylation sites (tertiary alicyclic amines) is 1. The highest BCUT2D eigenvalue weighted by atomic mass is 16.6. The van der Waals surface area contributed by atoms with Crippen molar-refractivity contribution in [1.82, 2.24) is 19.6 Å². The van der Waals surface area contributed by atoms with Gasteiger partial charge in [0.2, 0.25) is 0 Å². The van der Waals surface area contributed by atoms with Crippen LogP contribution in [0.25, 0.3) is 0 Å². The zero-order valence-electron chi connectivity index (χ0n) is 18.3. The molecule has 0 radical (unpaired) electrons. The van der Waals surface area contributed by atoms with Crippen LogP contribution in [0.4, 0.5) is 4.79 Å². The van der Waals surface area contributed by atoms with Crippen molar-refractivity contribution in [2.45, 2.75) is 64.8 Å². The number of aliphatic carboxylic acids is 1. The maximum atomic E-state index is 12.5. The zero-order chi connectivity index (χ0) is 21.0. The van der Waals surface area contributed by atoms with E-state index in [4.69, 9.17) is 9.84 Å². The van der Waals surface area contributed by atoms with Crippen LogP contribution in [0.2, 0.25) is 0 Å². The van der Waals surface area contributed by atoms with Crippen LogP contribution in [0.3, 0.4) is 0 Å². The number of cyclic esters (lactones) is 1. The molecule has 3 aliphatic rings. The lowest BCUT2D eigenvalue weighted by atomic mass is 9.92. The molecular formula is C21H38N4O4. The minimum atomic E-state index is -0.753. The van der Waals surface area contributed by atoms with Gasteiger partial charge in [0, 0.05) is 45.3 Å². The molecule has 166 valence electrons. The van der Waals surface area contributed by atoms with Gasteiger partial charge in [-0.05, 0) is 59.0 Å². The van der Waals surface area contributed by atoms with Gasteiger partial charge in [0.15, 0.2) is 6.23 Å². The maximum Gasteiger partial charge on any atom is 0.411 e. The molecule has 3 saturated heterocycles. The van der Waals surface area contributed by atoms with Crippen molar-refractivity contribution in [3.63, 3.8) is 0 Å². The van der Waals surface area contributed by atoms with Gasteiger partial charge in [-0.2, -0.15) is 0 Å². The fourth-order valence-corrected chi connectivity index (χ4v) is 4.84. The number of carbonyl (C=O) groups is 2. The van der Waals surface area contributed by atoms with E-state index < -0.39 is 5.97 Å². The normalized spacial score (nSPS) is 28.3. The Hall–Kier alpha value is -1.38. The highest BCUT2D eigenvalue weighted by molar-refractivity contribution is 5.70. The van der Waals surface area contributed by atoms with Crippen LogP contribution in [0.15, 0.2) is 0 Å². The number of carbonyl (C=O) groups excluding carboxylic acids is 1. The number of piperidine rings is 1. The van der Waals surface area contributed by atoms with Crippen molar-refractivity contribution in [3.8, 4) is 0 Å². The lowest BCUT2D eigenvalue weighted by Crippen LogP contribution is -2.53. The second kappa shape index (κ2) is 10.1. The van der Waals surface area contributed by atoms with Crippen molar-refractivity contribution < 1.29 is 19.4 Å². The first kappa shape index (κ1) is 22.3. The quantitative estimate of drug-likeness (QED) is 0.653. The van der Waals surface area contributed by atoms with E-state index in [9.17, 15) is 9.59 Å². The number of hydrogen-bond acceptors (Lipinski definition) is 6. The first-order valence-corrected chi connectivity index (χ1v) is 11.2. The Bertz CT molecular complexity index is 557. The van der Waals surface area contributed by atoms with E-state index in [0.29, 0.717) is 18.5 Å². The molecule has 0 aliphatic carbocycles. The third-order valence-electron chi connectivity index (χ3n) is 6.93. The molecule has 0 aromatic carbocycles. The summed E-state index contributed by atoms with van der Waals surface area (Å²) in [7, 11) is 0. The molecule has 2 unspecified atom stereocenters. The summed E-state index contributed by atoms with van der Waals surface area (Å²) in [6, 6.07) is 0.679. The van der Waals surface area contributed by atoms with Crippen molar-refractivity contribution in [1.29, 1.82) is 0 Å². The second-order valence-corrected chi connectivity index (χ2v) is 9.09. The average molecular weight is 411 g/mol. The SMILES string of the molecule is CC(C)N1CCC(CCN2C(=O)OC(N3CCN(CCC(=O)O)CC3)C2C)CC1. The molecule has 3 rings (SSSR count). The molecule has 8 heteroatoms. The smallest absolute Gasteiger partial charge is 0.411 e.